The van der Waals surface area contributed by atoms with Gasteiger partial charge in [0, 0.05) is 50.8 Å². The average Bonchev–Trinajstić information content (AvgIpc) is 2.77. The van der Waals surface area contributed by atoms with Gasteiger partial charge in [-0.05, 0) is 18.2 Å². The number of nitrogens with zero attached hydrogens (tertiary/aromatic N) is 5. The van der Waals surface area contributed by atoms with Crippen molar-refractivity contribution in [3.63, 3.8) is 0 Å². The summed E-state index contributed by atoms with van der Waals surface area (Å²) in [6.07, 6.45) is -3.34. The van der Waals surface area contributed by atoms with E-state index in [1.807, 2.05) is 17.9 Å². The molecule has 4 heterocycles. The number of rotatable bonds is 3. The number of pyridine rings is 3. The monoisotopic (exact) mass is 443 g/mol. The number of ether oxygens (including phenoxy) is 1. The van der Waals surface area contributed by atoms with Crippen LogP contribution in [0.4, 0.5) is 18.9 Å². The molecule has 7 nitrogen and oxygen atoms in total. The molecule has 1 unspecified atom stereocenters. The van der Waals surface area contributed by atoms with Gasteiger partial charge in [-0.1, -0.05) is 6.92 Å². The Labute approximate surface area is 181 Å². The molecule has 0 N–H and O–H groups in total. The van der Waals surface area contributed by atoms with Crippen LogP contribution in [-0.4, -0.2) is 33.7 Å². The highest BCUT2D eigenvalue weighted by Gasteiger charge is 2.32. The second-order valence-electron chi connectivity index (χ2n) is 7.85. The molecule has 0 bridgehead atoms. The maximum Gasteiger partial charge on any atom is 0.417 e. The fourth-order valence-corrected chi connectivity index (χ4v) is 3.91. The van der Waals surface area contributed by atoms with Gasteiger partial charge in [0.1, 0.15) is 23.4 Å². The van der Waals surface area contributed by atoms with Crippen molar-refractivity contribution in [2.45, 2.75) is 25.6 Å². The minimum Gasteiger partial charge on any atom is -0.474 e. The summed E-state index contributed by atoms with van der Waals surface area (Å²) in [5.41, 5.74) is 1.11. The van der Waals surface area contributed by atoms with Crippen LogP contribution in [0.1, 0.15) is 24.6 Å². The van der Waals surface area contributed by atoms with Gasteiger partial charge >= 0.3 is 6.18 Å². The molecule has 10 heteroatoms. The predicted octanol–water partition coefficient (Wildman–Crippen LogP) is 3.51. The smallest absolute Gasteiger partial charge is 0.417 e. The molecule has 0 saturated carbocycles. The number of halogens is 3. The Kier molecular flexibility index (Phi) is 5.50. The normalized spacial score (nSPS) is 19.1. The number of hydrogen-bond acceptors (Lipinski definition) is 6. The molecular formula is C22H20F3N5O2. The lowest BCUT2D eigenvalue weighted by Gasteiger charge is -2.38. The molecule has 2 atom stereocenters. The lowest BCUT2D eigenvalue weighted by Crippen LogP contribution is -2.45. The topological polar surface area (TPSA) is 84.0 Å². The van der Waals surface area contributed by atoms with E-state index in [4.69, 9.17) is 4.74 Å². The molecule has 1 aliphatic heterocycles. The molecule has 0 aromatic carbocycles. The average molecular weight is 443 g/mol. The Bertz CT molecular complexity index is 1250. The fourth-order valence-electron chi connectivity index (χ4n) is 3.91. The van der Waals surface area contributed by atoms with Gasteiger partial charge in [0.2, 0.25) is 5.88 Å². The highest BCUT2D eigenvalue weighted by atomic mass is 19.4. The third-order valence-corrected chi connectivity index (χ3v) is 5.69. The van der Waals surface area contributed by atoms with Gasteiger partial charge in [-0.15, -0.1) is 0 Å². The maximum absolute atomic E-state index is 12.7. The Hall–Kier alpha value is -3.61. The summed E-state index contributed by atoms with van der Waals surface area (Å²) in [5, 5.41) is 9.22. The molecule has 0 radical (unpaired) electrons. The first-order valence-corrected chi connectivity index (χ1v) is 10.0. The lowest BCUT2D eigenvalue weighted by atomic mass is 9.96. The van der Waals surface area contributed by atoms with Crippen LogP contribution in [0.3, 0.4) is 0 Å². The van der Waals surface area contributed by atoms with Crippen LogP contribution in [-0.2, 0) is 13.2 Å². The Morgan fingerprint density at radius 3 is 2.66 bits per heavy atom. The zero-order chi connectivity index (χ0) is 23.0. The number of nitriles is 1. The summed E-state index contributed by atoms with van der Waals surface area (Å²) in [5.74, 6) is 0.147. The van der Waals surface area contributed by atoms with Crippen molar-refractivity contribution < 1.29 is 17.9 Å². The molecule has 32 heavy (non-hydrogen) atoms. The zero-order valence-corrected chi connectivity index (χ0v) is 17.4. The minimum absolute atomic E-state index is 0.00565. The van der Waals surface area contributed by atoms with Gasteiger partial charge in [0.15, 0.2) is 0 Å². The number of aromatic nitrogens is 3. The van der Waals surface area contributed by atoms with Crippen LogP contribution < -0.4 is 15.2 Å². The number of anilines is 1. The van der Waals surface area contributed by atoms with Crippen molar-refractivity contribution in [1.29, 1.82) is 5.26 Å². The first kappa shape index (κ1) is 21.6. The first-order chi connectivity index (χ1) is 15.2. The summed E-state index contributed by atoms with van der Waals surface area (Å²) in [6, 6.07) is 9.00. The fraction of sp³-hybridized carbons (Fsp3) is 0.364. The SMILES string of the molecule is CC1CN(c2cc(=O)n(C)c3ccc(C#N)nc23)CC[C@@H]1Oc1ccc(C(F)(F)F)cn1. The van der Waals surface area contributed by atoms with E-state index in [9.17, 15) is 23.2 Å². The van der Waals surface area contributed by atoms with Gasteiger partial charge in [0.25, 0.3) is 5.56 Å². The molecule has 0 spiro atoms. The van der Waals surface area contributed by atoms with Gasteiger partial charge in [-0.2, -0.15) is 18.4 Å². The number of hydrogen-bond donors (Lipinski definition) is 0. The summed E-state index contributed by atoms with van der Waals surface area (Å²) in [6.45, 7) is 3.07. The molecule has 1 fully saturated rings. The van der Waals surface area contributed by atoms with E-state index in [0.29, 0.717) is 36.2 Å². The lowest BCUT2D eigenvalue weighted by molar-refractivity contribution is -0.137. The molecule has 1 saturated heterocycles. The van der Waals surface area contributed by atoms with Crippen molar-refractivity contribution in [3.05, 3.63) is 58.1 Å². The zero-order valence-electron chi connectivity index (χ0n) is 17.4. The Morgan fingerprint density at radius 2 is 2.03 bits per heavy atom. The predicted molar refractivity (Wildman–Crippen MR) is 111 cm³/mol. The van der Waals surface area contributed by atoms with Crippen LogP contribution in [0.15, 0.2) is 41.3 Å². The molecule has 1 aliphatic rings. The van der Waals surface area contributed by atoms with Crippen molar-refractivity contribution in [1.82, 2.24) is 14.5 Å². The molecule has 0 amide bonds. The van der Waals surface area contributed by atoms with E-state index < -0.39 is 11.7 Å². The molecule has 4 rings (SSSR count). The summed E-state index contributed by atoms with van der Waals surface area (Å²) < 4.78 is 45.5. The van der Waals surface area contributed by atoms with Gasteiger partial charge in [-0.25, -0.2) is 9.97 Å². The summed E-state index contributed by atoms with van der Waals surface area (Å²) in [4.78, 5) is 22.7. The number of alkyl halides is 3. The van der Waals surface area contributed by atoms with E-state index in [-0.39, 0.29) is 29.2 Å². The third-order valence-electron chi connectivity index (χ3n) is 5.69. The van der Waals surface area contributed by atoms with Crippen molar-refractivity contribution in [2.75, 3.05) is 18.0 Å². The third kappa shape index (κ3) is 4.10. The van der Waals surface area contributed by atoms with Crippen molar-refractivity contribution in [2.24, 2.45) is 13.0 Å². The van der Waals surface area contributed by atoms with Gasteiger partial charge in [-0.3, -0.25) is 4.79 Å². The van der Waals surface area contributed by atoms with Crippen LogP contribution in [0.25, 0.3) is 11.0 Å². The summed E-state index contributed by atoms with van der Waals surface area (Å²) >= 11 is 0. The Morgan fingerprint density at radius 1 is 1.25 bits per heavy atom. The quantitative estimate of drug-likeness (QED) is 0.616. The number of fused-ring (bicyclic) bond motifs is 1. The highest BCUT2D eigenvalue weighted by molar-refractivity contribution is 5.88. The van der Waals surface area contributed by atoms with E-state index in [2.05, 4.69) is 9.97 Å². The van der Waals surface area contributed by atoms with Crippen molar-refractivity contribution >= 4 is 16.7 Å². The molecular weight excluding hydrogens is 423 g/mol. The van der Waals surface area contributed by atoms with E-state index in [0.717, 1.165) is 12.3 Å². The van der Waals surface area contributed by atoms with Gasteiger partial charge in [0.05, 0.1) is 16.8 Å². The van der Waals surface area contributed by atoms with Crippen LogP contribution >= 0.6 is 0 Å². The summed E-state index contributed by atoms with van der Waals surface area (Å²) in [7, 11) is 1.65. The minimum atomic E-state index is -4.45. The van der Waals surface area contributed by atoms with E-state index in [1.165, 1.54) is 16.7 Å². The standard InChI is InChI=1S/C22H20F3N5O2/c1-13-12-30(8-7-18(13)32-19-6-3-14(11-27-19)22(23,24)25)17-9-20(31)29(2)16-5-4-15(10-26)28-21(16)17/h3-6,9,11,13,18H,7-8,12H2,1-2H3/t13?,18-/m0/s1. The molecule has 0 aliphatic carbocycles. The van der Waals surface area contributed by atoms with Crippen LogP contribution in [0.5, 0.6) is 5.88 Å². The van der Waals surface area contributed by atoms with Crippen LogP contribution in [0, 0.1) is 17.2 Å². The number of piperidine rings is 1. The maximum atomic E-state index is 12.7. The molecule has 166 valence electrons. The first-order valence-electron chi connectivity index (χ1n) is 10.0. The largest absolute Gasteiger partial charge is 0.474 e. The van der Waals surface area contributed by atoms with Gasteiger partial charge < -0.3 is 14.2 Å². The molecule has 3 aromatic heterocycles. The van der Waals surface area contributed by atoms with Crippen molar-refractivity contribution in [3.8, 4) is 11.9 Å². The van der Waals surface area contributed by atoms with E-state index in [1.54, 1.807) is 19.2 Å². The van der Waals surface area contributed by atoms with Crippen LogP contribution in [0.2, 0.25) is 0 Å². The number of aryl methyl sites for hydroxylation is 1. The second-order valence-corrected chi connectivity index (χ2v) is 7.85. The second kappa shape index (κ2) is 8.15. The highest BCUT2D eigenvalue weighted by Crippen LogP contribution is 2.31. The Balaban J connectivity index is 1.55. The molecule has 3 aromatic rings. The van der Waals surface area contributed by atoms with E-state index >= 15 is 0 Å².